The molecule has 9 nitrogen and oxygen atoms in total. The molecule has 2 aromatic carbocycles. The molecular formula is C25H28B3N3O6. The predicted molar refractivity (Wildman–Crippen MR) is 142 cm³/mol. The molecule has 5 rings (SSSR count). The number of rotatable bonds is 6. The van der Waals surface area contributed by atoms with Crippen LogP contribution in [-0.4, -0.2) is 87.1 Å². The maximum Gasteiger partial charge on any atom is 0.254 e. The maximum atomic E-state index is 13.4. The quantitative estimate of drug-likeness (QED) is 0.360. The van der Waals surface area contributed by atoms with E-state index in [1.165, 1.54) is 7.98 Å². The smallest absolute Gasteiger partial charge is 0.254 e. The van der Waals surface area contributed by atoms with E-state index in [9.17, 15) is 19.2 Å². The highest BCUT2D eigenvalue weighted by Crippen LogP contribution is 2.41. The summed E-state index contributed by atoms with van der Waals surface area (Å²) in [4.78, 5) is 55.2. The van der Waals surface area contributed by atoms with Crippen LogP contribution >= 0.6 is 0 Å². The number of hydrogen-bond donors (Lipinski definition) is 0. The van der Waals surface area contributed by atoms with E-state index in [4.69, 9.17) is 9.47 Å². The first-order valence-corrected chi connectivity index (χ1v) is 12.5. The third-order valence-corrected chi connectivity index (χ3v) is 7.91. The van der Waals surface area contributed by atoms with Gasteiger partial charge in [-0.25, -0.2) is 0 Å². The Morgan fingerprint density at radius 1 is 1.03 bits per heavy atom. The summed E-state index contributed by atoms with van der Waals surface area (Å²) in [6.07, 6.45) is 0.206. The topological polar surface area (TPSA) is 96.5 Å². The summed E-state index contributed by atoms with van der Waals surface area (Å²) in [7, 11) is 5.06. The minimum absolute atomic E-state index is 0.00314. The molecular weight excluding hydrogens is 471 g/mol. The van der Waals surface area contributed by atoms with Crippen molar-refractivity contribution in [2.75, 3.05) is 19.8 Å². The van der Waals surface area contributed by atoms with Crippen LogP contribution < -0.4 is 4.74 Å². The molecule has 2 fully saturated rings. The second-order valence-electron chi connectivity index (χ2n) is 10.2. The molecule has 0 saturated carbocycles. The lowest BCUT2D eigenvalue weighted by Gasteiger charge is -2.47. The number of hydrogen-bond acceptors (Lipinski definition) is 6. The molecule has 37 heavy (non-hydrogen) atoms. The SMILES string of the molecule is BC1CC(=O)N(B)C(=O)C1(B)N1Cc2c(OCc3ccc(CN4CCOCC4=O)cc3)cccc2C1=O. The van der Waals surface area contributed by atoms with Crippen molar-refractivity contribution in [3.8, 4) is 5.75 Å². The van der Waals surface area contributed by atoms with Gasteiger partial charge in [0.15, 0.2) is 0 Å². The van der Waals surface area contributed by atoms with Crippen molar-refractivity contribution in [2.24, 2.45) is 0 Å². The molecule has 3 aliphatic heterocycles. The first-order valence-electron chi connectivity index (χ1n) is 12.5. The summed E-state index contributed by atoms with van der Waals surface area (Å²) >= 11 is 0. The number of ether oxygens (including phenoxy) is 2. The third-order valence-electron chi connectivity index (χ3n) is 7.91. The highest BCUT2D eigenvalue weighted by atomic mass is 16.5. The van der Waals surface area contributed by atoms with Crippen LogP contribution in [0.1, 0.15) is 33.5 Å². The monoisotopic (exact) mass is 499 g/mol. The molecule has 3 aliphatic rings. The molecule has 0 aromatic heterocycles. The van der Waals surface area contributed by atoms with Crippen LogP contribution in [0.25, 0.3) is 0 Å². The number of carbonyl (C=O) groups is 4. The average molecular weight is 499 g/mol. The van der Waals surface area contributed by atoms with E-state index in [-0.39, 0.29) is 49.0 Å². The molecule has 2 saturated heterocycles. The lowest BCUT2D eigenvalue weighted by atomic mass is 9.55. The van der Waals surface area contributed by atoms with Crippen molar-refractivity contribution in [1.82, 2.24) is 14.6 Å². The molecule has 0 bridgehead atoms. The lowest BCUT2D eigenvalue weighted by Crippen LogP contribution is -2.66. The van der Waals surface area contributed by atoms with Crippen LogP contribution in [0.2, 0.25) is 5.82 Å². The van der Waals surface area contributed by atoms with Crippen LogP contribution in [-0.2, 0) is 38.8 Å². The molecule has 2 aromatic rings. The lowest BCUT2D eigenvalue weighted by molar-refractivity contribution is -0.147. The number of morpholine rings is 1. The minimum Gasteiger partial charge on any atom is -0.489 e. The molecule has 2 unspecified atom stereocenters. The zero-order valence-electron chi connectivity index (χ0n) is 21.4. The Morgan fingerprint density at radius 2 is 1.76 bits per heavy atom. The van der Waals surface area contributed by atoms with Gasteiger partial charge in [-0.15, -0.1) is 0 Å². The van der Waals surface area contributed by atoms with Crippen LogP contribution in [0.15, 0.2) is 42.5 Å². The fourth-order valence-corrected chi connectivity index (χ4v) is 5.30. The zero-order chi connectivity index (χ0) is 26.3. The van der Waals surface area contributed by atoms with Crippen molar-refractivity contribution in [3.05, 3.63) is 64.7 Å². The second-order valence-corrected chi connectivity index (χ2v) is 10.2. The normalized spacial score (nSPS) is 24.0. The summed E-state index contributed by atoms with van der Waals surface area (Å²) in [5.41, 5.74) is 2.13. The Balaban J connectivity index is 1.28. The highest BCUT2D eigenvalue weighted by Gasteiger charge is 2.54. The van der Waals surface area contributed by atoms with Gasteiger partial charge < -0.3 is 24.1 Å². The average Bonchev–Trinajstić information content (AvgIpc) is 3.24. The van der Waals surface area contributed by atoms with Gasteiger partial charge in [0.1, 0.15) is 34.7 Å². The Hall–Kier alpha value is -3.53. The molecule has 0 radical (unpaired) electrons. The van der Waals surface area contributed by atoms with E-state index in [2.05, 4.69) is 0 Å². The minimum atomic E-state index is -1.12. The van der Waals surface area contributed by atoms with E-state index in [0.29, 0.717) is 37.6 Å². The summed E-state index contributed by atoms with van der Waals surface area (Å²) in [6.45, 7) is 2.38. The van der Waals surface area contributed by atoms with Crippen LogP contribution in [0.5, 0.6) is 5.75 Å². The van der Waals surface area contributed by atoms with Crippen LogP contribution in [0.4, 0.5) is 0 Å². The Morgan fingerprint density at radius 3 is 2.49 bits per heavy atom. The van der Waals surface area contributed by atoms with Crippen LogP contribution in [0.3, 0.4) is 0 Å². The first kappa shape index (κ1) is 25.1. The molecule has 0 N–H and O–H groups in total. The number of piperidine rings is 1. The maximum absolute atomic E-state index is 13.4. The van der Waals surface area contributed by atoms with Gasteiger partial charge >= 0.3 is 0 Å². The van der Waals surface area contributed by atoms with Gasteiger partial charge in [-0.05, 0) is 29.1 Å². The predicted octanol–water partition coefficient (Wildman–Crippen LogP) is -1.36. The van der Waals surface area contributed by atoms with Gasteiger partial charge in [0.05, 0.1) is 18.6 Å². The fraction of sp³-hybridized carbons (Fsp3) is 0.360. The molecule has 4 amide bonds. The van der Waals surface area contributed by atoms with Crippen molar-refractivity contribution < 1.29 is 28.7 Å². The summed E-state index contributed by atoms with van der Waals surface area (Å²) in [5.74, 6) is -0.535. The van der Waals surface area contributed by atoms with Gasteiger partial charge in [-0.1, -0.05) is 30.3 Å². The summed E-state index contributed by atoms with van der Waals surface area (Å²) < 4.78 is 11.3. The standard InChI is InChI=1S/C25H28B3N3O6/c26-20-10-21(32)31(28)24(35)25(20,27)30-12-18-17(23(30)34)2-1-3-19(18)37-13-16-6-4-15(5-7-16)11-29-8-9-36-14-22(29)33/h1-7,20H,8-14,26-28H2. The fourth-order valence-electron chi connectivity index (χ4n) is 5.30. The van der Waals surface area contributed by atoms with E-state index in [1.807, 2.05) is 38.2 Å². The number of benzene rings is 2. The molecule has 3 heterocycles. The number of nitrogens with zero attached hydrogens (tertiary/aromatic N) is 3. The summed E-state index contributed by atoms with van der Waals surface area (Å²) in [5, 5.41) is 0. The Kier molecular flexibility index (Phi) is 6.62. The van der Waals surface area contributed by atoms with Gasteiger partial charge in [0.2, 0.25) is 25.7 Å². The van der Waals surface area contributed by atoms with Crippen molar-refractivity contribution in [1.29, 1.82) is 0 Å². The van der Waals surface area contributed by atoms with E-state index in [0.717, 1.165) is 21.5 Å². The van der Waals surface area contributed by atoms with E-state index >= 15 is 0 Å². The number of carbonyl (C=O) groups excluding carboxylic acids is 4. The molecule has 188 valence electrons. The highest BCUT2D eigenvalue weighted by molar-refractivity contribution is 6.42. The van der Waals surface area contributed by atoms with Gasteiger partial charge in [0, 0.05) is 30.6 Å². The summed E-state index contributed by atoms with van der Waals surface area (Å²) in [6, 6.07) is 13.3. The number of fused-ring (bicyclic) bond motifs is 1. The zero-order valence-corrected chi connectivity index (χ0v) is 21.4. The molecule has 0 spiro atoms. The molecule has 0 aliphatic carbocycles. The largest absolute Gasteiger partial charge is 0.489 e. The number of amides is 4. The first-order chi connectivity index (χ1) is 17.7. The molecule has 2 atom stereocenters. The van der Waals surface area contributed by atoms with Gasteiger partial charge in [0.25, 0.3) is 5.91 Å². The molecule has 12 heteroatoms. The number of imide groups is 1. The van der Waals surface area contributed by atoms with Crippen molar-refractivity contribution in [3.63, 3.8) is 0 Å². The van der Waals surface area contributed by atoms with E-state index < -0.39 is 5.44 Å². The third kappa shape index (κ3) is 4.43. The van der Waals surface area contributed by atoms with E-state index in [1.54, 1.807) is 29.8 Å². The Labute approximate surface area is 218 Å². The Bertz CT molecular complexity index is 1270. The van der Waals surface area contributed by atoms with Crippen molar-refractivity contribution >= 4 is 47.3 Å². The van der Waals surface area contributed by atoms with Crippen LogP contribution in [0, 0.1) is 0 Å². The van der Waals surface area contributed by atoms with Gasteiger partial charge in [-0.3, -0.25) is 19.2 Å². The second kappa shape index (κ2) is 9.74. The van der Waals surface area contributed by atoms with Gasteiger partial charge in [-0.2, -0.15) is 0 Å². The van der Waals surface area contributed by atoms with Crippen molar-refractivity contribution in [2.45, 2.75) is 37.4 Å².